The number of hydrogen-bond donors (Lipinski definition) is 0. The van der Waals surface area contributed by atoms with E-state index in [1.54, 1.807) is 0 Å². The summed E-state index contributed by atoms with van der Waals surface area (Å²) < 4.78 is 25.3. The lowest BCUT2D eigenvalue weighted by Gasteiger charge is -2.09. The first kappa shape index (κ1) is 14.8. The minimum absolute atomic E-state index is 0.0162. The summed E-state index contributed by atoms with van der Waals surface area (Å²) in [5.41, 5.74) is 0.462. The molecule has 22 heavy (non-hydrogen) atoms. The lowest BCUT2D eigenvalue weighted by atomic mass is 10.1. The molecule has 0 N–H and O–H groups in total. The van der Waals surface area contributed by atoms with Crippen molar-refractivity contribution in [1.82, 2.24) is 0 Å². The number of benzene rings is 1. The Morgan fingerprint density at radius 2 is 1.45 bits per heavy atom. The van der Waals surface area contributed by atoms with E-state index >= 15 is 0 Å². The van der Waals surface area contributed by atoms with Gasteiger partial charge in [-0.3, -0.25) is 0 Å². The molecular formula is C15H16O7. The molecule has 0 amide bonds. The first-order chi connectivity index (χ1) is 10.7. The monoisotopic (exact) mass is 308 g/mol. The van der Waals surface area contributed by atoms with E-state index in [-0.39, 0.29) is 36.5 Å². The molecule has 2 aliphatic rings. The molecule has 2 aliphatic heterocycles. The predicted octanol–water partition coefficient (Wildman–Crippen LogP) is 0.806. The third-order valence-electron chi connectivity index (χ3n) is 3.22. The average molecular weight is 308 g/mol. The summed E-state index contributed by atoms with van der Waals surface area (Å²) >= 11 is 0. The zero-order valence-corrected chi connectivity index (χ0v) is 12.1. The van der Waals surface area contributed by atoms with Crippen LogP contribution in [0.5, 0.6) is 5.75 Å². The van der Waals surface area contributed by atoms with E-state index in [4.69, 9.17) is 23.7 Å². The van der Waals surface area contributed by atoms with Crippen molar-refractivity contribution in [3.05, 3.63) is 29.3 Å². The summed E-state index contributed by atoms with van der Waals surface area (Å²) in [7, 11) is 1.45. The third-order valence-corrected chi connectivity index (χ3v) is 3.22. The Balaban J connectivity index is 1.69. The highest BCUT2D eigenvalue weighted by atomic mass is 16.6. The molecule has 0 radical (unpaired) electrons. The van der Waals surface area contributed by atoms with Gasteiger partial charge in [0.2, 0.25) is 0 Å². The van der Waals surface area contributed by atoms with Crippen molar-refractivity contribution in [2.24, 2.45) is 0 Å². The molecule has 1 unspecified atom stereocenters. The van der Waals surface area contributed by atoms with Crippen LogP contribution in [0.4, 0.5) is 0 Å². The molecule has 1 aromatic carbocycles. The molecule has 2 saturated heterocycles. The van der Waals surface area contributed by atoms with Crippen molar-refractivity contribution in [2.75, 3.05) is 33.5 Å². The second-order valence-electron chi connectivity index (χ2n) is 5.06. The van der Waals surface area contributed by atoms with Gasteiger partial charge in [-0.2, -0.15) is 0 Å². The zero-order chi connectivity index (χ0) is 15.5. The first-order valence-electron chi connectivity index (χ1n) is 6.92. The average Bonchev–Trinajstić information content (AvgIpc) is 3.43. The normalized spacial score (nSPS) is 21.9. The van der Waals surface area contributed by atoms with E-state index in [0.29, 0.717) is 19.0 Å². The maximum atomic E-state index is 12.0. The number of ether oxygens (including phenoxy) is 5. The van der Waals surface area contributed by atoms with Gasteiger partial charge in [0.15, 0.2) is 0 Å². The lowest BCUT2D eigenvalue weighted by molar-refractivity contribution is 0.0473. The van der Waals surface area contributed by atoms with E-state index in [9.17, 15) is 9.59 Å². The van der Waals surface area contributed by atoms with E-state index in [0.717, 1.165) is 0 Å². The molecule has 0 bridgehead atoms. The van der Waals surface area contributed by atoms with Crippen LogP contribution in [0.3, 0.4) is 0 Å². The minimum Gasteiger partial charge on any atom is -0.497 e. The van der Waals surface area contributed by atoms with E-state index in [2.05, 4.69) is 0 Å². The molecule has 2 fully saturated rings. The van der Waals surface area contributed by atoms with Crippen molar-refractivity contribution in [3.8, 4) is 5.75 Å². The van der Waals surface area contributed by atoms with Crippen molar-refractivity contribution >= 4 is 11.9 Å². The fraction of sp³-hybridized carbons (Fsp3) is 0.467. The largest absolute Gasteiger partial charge is 0.497 e. The number of hydrogen-bond acceptors (Lipinski definition) is 7. The summed E-state index contributed by atoms with van der Waals surface area (Å²) in [6.45, 7) is 1.61. The fourth-order valence-corrected chi connectivity index (χ4v) is 1.79. The number of carbonyl (C=O) groups excluding carboxylic acids is 2. The van der Waals surface area contributed by atoms with Crippen LogP contribution >= 0.6 is 0 Å². The smallest absolute Gasteiger partial charge is 0.338 e. The molecule has 0 aliphatic carbocycles. The van der Waals surface area contributed by atoms with Gasteiger partial charge in [0.05, 0.1) is 31.5 Å². The van der Waals surface area contributed by atoms with Crippen LogP contribution in [0.25, 0.3) is 0 Å². The highest BCUT2D eigenvalue weighted by Gasteiger charge is 2.26. The SMILES string of the molecule is COc1cc(C(=O)OCC2CO2)cc(C(=O)OC[C@H]2CO2)c1. The third kappa shape index (κ3) is 3.96. The standard InChI is InChI=1S/C15H16O7/c1-18-11-3-9(14(16)21-7-12-5-19-12)2-10(4-11)15(17)22-8-13-6-20-13/h2-4,12-13H,5-8H2,1H3/t12-,13?/m1/s1. The molecule has 0 aromatic heterocycles. The van der Waals surface area contributed by atoms with Gasteiger partial charge in [-0.25, -0.2) is 9.59 Å². The maximum absolute atomic E-state index is 12.0. The van der Waals surface area contributed by atoms with Crippen LogP contribution < -0.4 is 4.74 Å². The number of rotatable bonds is 7. The maximum Gasteiger partial charge on any atom is 0.338 e. The molecule has 2 atom stereocenters. The van der Waals surface area contributed by atoms with Crippen molar-refractivity contribution in [2.45, 2.75) is 12.2 Å². The quantitative estimate of drug-likeness (QED) is 0.544. The van der Waals surface area contributed by atoms with Crippen molar-refractivity contribution in [1.29, 1.82) is 0 Å². The highest BCUT2D eigenvalue weighted by molar-refractivity contribution is 5.96. The zero-order valence-electron chi connectivity index (χ0n) is 12.1. The van der Waals surface area contributed by atoms with Gasteiger partial charge in [0.25, 0.3) is 0 Å². The Kier molecular flexibility index (Phi) is 4.26. The Morgan fingerprint density at radius 1 is 1.00 bits per heavy atom. The van der Waals surface area contributed by atoms with Crippen LogP contribution in [0.1, 0.15) is 20.7 Å². The number of esters is 2. The van der Waals surface area contributed by atoms with Crippen LogP contribution in [0.15, 0.2) is 18.2 Å². The fourth-order valence-electron chi connectivity index (χ4n) is 1.79. The topological polar surface area (TPSA) is 86.9 Å². The van der Waals surface area contributed by atoms with Crippen molar-refractivity contribution in [3.63, 3.8) is 0 Å². The Bertz CT molecular complexity index is 529. The molecule has 118 valence electrons. The Morgan fingerprint density at radius 3 is 1.82 bits per heavy atom. The summed E-state index contributed by atoms with van der Waals surface area (Å²) in [5, 5.41) is 0. The van der Waals surface area contributed by atoms with Gasteiger partial charge in [0, 0.05) is 0 Å². The van der Waals surface area contributed by atoms with Gasteiger partial charge in [-0.1, -0.05) is 0 Å². The minimum atomic E-state index is -0.533. The highest BCUT2D eigenvalue weighted by Crippen LogP contribution is 2.20. The van der Waals surface area contributed by atoms with Crippen LogP contribution in [0, 0.1) is 0 Å². The first-order valence-corrected chi connectivity index (χ1v) is 6.92. The lowest BCUT2D eigenvalue weighted by Crippen LogP contribution is -2.13. The molecule has 7 heteroatoms. The Labute approximate surface area is 127 Å². The number of carbonyl (C=O) groups is 2. The van der Waals surface area contributed by atoms with Gasteiger partial charge in [-0.15, -0.1) is 0 Å². The van der Waals surface area contributed by atoms with Gasteiger partial charge in [-0.05, 0) is 18.2 Å². The Hall–Kier alpha value is -2.12. The number of methoxy groups -OCH3 is 1. The van der Waals surface area contributed by atoms with Crippen LogP contribution in [-0.4, -0.2) is 57.7 Å². The predicted molar refractivity (Wildman–Crippen MR) is 73.0 cm³/mol. The summed E-state index contributed by atoms with van der Waals surface area (Å²) in [5.74, 6) is -0.685. The molecule has 7 nitrogen and oxygen atoms in total. The summed E-state index contributed by atoms with van der Waals surface area (Å²) in [6.07, 6.45) is -0.0323. The van der Waals surface area contributed by atoms with Gasteiger partial charge >= 0.3 is 11.9 Å². The van der Waals surface area contributed by atoms with E-state index in [1.165, 1.54) is 25.3 Å². The molecule has 2 heterocycles. The number of epoxide rings is 2. The van der Waals surface area contributed by atoms with E-state index < -0.39 is 11.9 Å². The van der Waals surface area contributed by atoms with Gasteiger partial charge in [0.1, 0.15) is 31.2 Å². The van der Waals surface area contributed by atoms with E-state index in [1.807, 2.05) is 0 Å². The molecule has 0 saturated carbocycles. The molecular weight excluding hydrogens is 292 g/mol. The van der Waals surface area contributed by atoms with Crippen LogP contribution in [-0.2, 0) is 18.9 Å². The molecule has 3 rings (SSSR count). The second-order valence-corrected chi connectivity index (χ2v) is 5.06. The van der Waals surface area contributed by atoms with Crippen LogP contribution in [0.2, 0.25) is 0 Å². The molecule has 0 spiro atoms. The molecule has 1 aromatic rings. The second kappa shape index (κ2) is 6.33. The van der Waals surface area contributed by atoms with Crippen molar-refractivity contribution < 1.29 is 33.3 Å². The summed E-state index contributed by atoms with van der Waals surface area (Å²) in [6, 6.07) is 4.45. The van der Waals surface area contributed by atoms with Gasteiger partial charge < -0.3 is 23.7 Å². The summed E-state index contributed by atoms with van der Waals surface area (Å²) in [4.78, 5) is 24.0.